The second-order valence-corrected chi connectivity index (χ2v) is 8.70. The molecule has 172 valence electrons. The van der Waals surface area contributed by atoms with E-state index in [0.717, 1.165) is 55.3 Å². The first-order valence-electron chi connectivity index (χ1n) is 11.8. The maximum Gasteiger partial charge on any atom is 0.156 e. The number of morpholine rings is 1. The number of aliphatic hydroxyl groups is 1. The first-order chi connectivity index (χ1) is 16.3. The van der Waals surface area contributed by atoms with Crippen molar-refractivity contribution in [2.45, 2.75) is 24.2 Å². The molecule has 2 aliphatic rings. The Labute approximate surface area is 195 Å². The normalized spacial score (nSPS) is 25.7. The largest absolute Gasteiger partial charge is 0.492 e. The highest BCUT2D eigenvalue weighted by Crippen LogP contribution is 2.53. The van der Waals surface area contributed by atoms with E-state index in [1.165, 1.54) is 0 Å². The zero-order valence-corrected chi connectivity index (χ0v) is 18.8. The fourth-order valence-corrected chi connectivity index (χ4v) is 5.08. The number of ether oxygens (including phenoxy) is 3. The molecule has 0 aromatic heterocycles. The smallest absolute Gasteiger partial charge is 0.156 e. The first kappa shape index (κ1) is 22.1. The van der Waals surface area contributed by atoms with E-state index in [1.807, 2.05) is 48.5 Å². The molecule has 0 saturated carbocycles. The fraction of sp³-hybridized carbons (Fsp3) is 0.357. The standard InChI is InChI=1S/C28H31NO4/c30-27-21-26(22-7-3-1-4-8-22)28(33-27,23-9-5-2-6-10-23)24-11-13-25(14-12-24)32-20-17-29-15-18-31-19-16-29/h1-14,26-27,30H,15-21H2. The number of nitrogens with zero attached hydrogens (tertiary/aromatic N) is 1. The van der Waals surface area contributed by atoms with E-state index in [2.05, 4.69) is 41.3 Å². The van der Waals surface area contributed by atoms with Crippen molar-refractivity contribution in [2.75, 3.05) is 39.5 Å². The summed E-state index contributed by atoms with van der Waals surface area (Å²) in [6.45, 7) is 5.05. The van der Waals surface area contributed by atoms with Crippen LogP contribution >= 0.6 is 0 Å². The van der Waals surface area contributed by atoms with Crippen LogP contribution in [0.3, 0.4) is 0 Å². The van der Waals surface area contributed by atoms with Crippen LogP contribution < -0.4 is 4.74 Å². The minimum atomic E-state index is -0.833. The molecular formula is C28H31NO4. The van der Waals surface area contributed by atoms with Crippen molar-refractivity contribution in [3.63, 3.8) is 0 Å². The van der Waals surface area contributed by atoms with Crippen molar-refractivity contribution < 1.29 is 19.3 Å². The summed E-state index contributed by atoms with van der Waals surface area (Å²) in [6, 6.07) is 28.7. The predicted octanol–water partition coefficient (Wildman–Crippen LogP) is 4.16. The van der Waals surface area contributed by atoms with E-state index in [9.17, 15) is 5.11 Å². The number of hydrogen-bond acceptors (Lipinski definition) is 5. The third-order valence-corrected chi connectivity index (χ3v) is 6.72. The molecule has 3 atom stereocenters. The van der Waals surface area contributed by atoms with Gasteiger partial charge in [-0.3, -0.25) is 4.90 Å². The van der Waals surface area contributed by atoms with Gasteiger partial charge in [0.15, 0.2) is 6.29 Å². The van der Waals surface area contributed by atoms with Crippen LogP contribution in [0.4, 0.5) is 0 Å². The molecule has 0 aliphatic carbocycles. The van der Waals surface area contributed by atoms with E-state index in [4.69, 9.17) is 14.2 Å². The molecule has 3 unspecified atom stereocenters. The SMILES string of the molecule is OC1CC(c2ccccc2)C(c2ccccc2)(c2ccc(OCCN3CCOCC3)cc2)O1. The van der Waals surface area contributed by atoms with Crippen LogP contribution in [0.15, 0.2) is 84.9 Å². The highest BCUT2D eigenvalue weighted by molar-refractivity contribution is 5.45. The quantitative estimate of drug-likeness (QED) is 0.592. The Hall–Kier alpha value is -2.70. The zero-order valence-electron chi connectivity index (χ0n) is 18.8. The lowest BCUT2D eigenvalue weighted by Crippen LogP contribution is -2.38. The molecule has 0 spiro atoms. The Morgan fingerprint density at radius 2 is 1.48 bits per heavy atom. The monoisotopic (exact) mass is 445 g/mol. The number of hydrogen-bond donors (Lipinski definition) is 1. The van der Waals surface area contributed by atoms with Gasteiger partial charge in [0.25, 0.3) is 0 Å². The van der Waals surface area contributed by atoms with E-state index < -0.39 is 11.9 Å². The summed E-state index contributed by atoms with van der Waals surface area (Å²) in [5.41, 5.74) is 2.44. The highest BCUT2D eigenvalue weighted by Gasteiger charge is 2.51. The van der Waals surface area contributed by atoms with E-state index in [0.29, 0.717) is 13.0 Å². The van der Waals surface area contributed by atoms with Crippen molar-refractivity contribution in [1.82, 2.24) is 4.90 Å². The molecule has 0 radical (unpaired) electrons. The Kier molecular flexibility index (Phi) is 6.74. The van der Waals surface area contributed by atoms with Crippen molar-refractivity contribution in [2.24, 2.45) is 0 Å². The summed E-state index contributed by atoms with van der Waals surface area (Å²) < 4.78 is 17.8. The molecule has 2 heterocycles. The molecule has 3 aromatic rings. The van der Waals surface area contributed by atoms with Crippen molar-refractivity contribution in [1.29, 1.82) is 0 Å². The van der Waals surface area contributed by atoms with Gasteiger partial charge in [-0.05, 0) is 28.8 Å². The van der Waals surface area contributed by atoms with Crippen molar-refractivity contribution in [3.8, 4) is 5.75 Å². The third kappa shape index (κ3) is 4.68. The van der Waals surface area contributed by atoms with Crippen LogP contribution in [0.25, 0.3) is 0 Å². The van der Waals surface area contributed by atoms with E-state index in [1.54, 1.807) is 0 Å². The lowest BCUT2D eigenvalue weighted by atomic mass is 9.73. The topological polar surface area (TPSA) is 51.2 Å². The molecule has 2 aliphatic heterocycles. The van der Waals surface area contributed by atoms with Crippen LogP contribution in [0, 0.1) is 0 Å². The van der Waals surface area contributed by atoms with Crippen molar-refractivity contribution >= 4 is 0 Å². The number of aliphatic hydroxyl groups excluding tert-OH is 1. The van der Waals surface area contributed by atoms with Gasteiger partial charge in [0, 0.05) is 32.0 Å². The molecule has 3 aromatic carbocycles. The first-order valence-corrected chi connectivity index (χ1v) is 11.8. The van der Waals surface area contributed by atoms with Gasteiger partial charge < -0.3 is 19.3 Å². The lowest BCUT2D eigenvalue weighted by Gasteiger charge is -2.36. The fourth-order valence-electron chi connectivity index (χ4n) is 5.08. The van der Waals surface area contributed by atoms with Gasteiger partial charge in [-0.2, -0.15) is 0 Å². The lowest BCUT2D eigenvalue weighted by molar-refractivity contribution is -0.126. The summed E-state index contributed by atoms with van der Waals surface area (Å²) in [7, 11) is 0. The Morgan fingerprint density at radius 1 is 0.848 bits per heavy atom. The summed E-state index contributed by atoms with van der Waals surface area (Å²) >= 11 is 0. The average molecular weight is 446 g/mol. The molecule has 1 N–H and O–H groups in total. The number of rotatable bonds is 7. The van der Waals surface area contributed by atoms with Gasteiger partial charge in [-0.15, -0.1) is 0 Å². The third-order valence-electron chi connectivity index (χ3n) is 6.72. The molecule has 5 nitrogen and oxygen atoms in total. The molecular weight excluding hydrogens is 414 g/mol. The summed E-state index contributed by atoms with van der Waals surface area (Å²) in [5, 5.41) is 10.7. The van der Waals surface area contributed by atoms with Crippen LogP contribution in [0.1, 0.15) is 29.0 Å². The van der Waals surface area contributed by atoms with E-state index >= 15 is 0 Å². The highest BCUT2D eigenvalue weighted by atomic mass is 16.6. The van der Waals surface area contributed by atoms with Gasteiger partial charge in [0.05, 0.1) is 13.2 Å². The molecule has 0 amide bonds. The van der Waals surface area contributed by atoms with Crippen LogP contribution in [-0.4, -0.2) is 55.8 Å². The molecule has 5 rings (SSSR count). The maximum atomic E-state index is 10.7. The van der Waals surface area contributed by atoms with Gasteiger partial charge in [0.2, 0.25) is 0 Å². The Bertz CT molecular complexity index is 1010. The van der Waals surface area contributed by atoms with Gasteiger partial charge in [-0.1, -0.05) is 72.8 Å². The van der Waals surface area contributed by atoms with Crippen LogP contribution in [0.2, 0.25) is 0 Å². The Balaban J connectivity index is 1.41. The average Bonchev–Trinajstić information content (AvgIpc) is 3.24. The Morgan fingerprint density at radius 3 is 2.18 bits per heavy atom. The summed E-state index contributed by atoms with van der Waals surface area (Å²) in [4.78, 5) is 2.36. The van der Waals surface area contributed by atoms with E-state index in [-0.39, 0.29) is 5.92 Å². The molecule has 2 fully saturated rings. The van der Waals surface area contributed by atoms with Crippen molar-refractivity contribution in [3.05, 3.63) is 102 Å². The molecule has 2 saturated heterocycles. The molecule has 5 heteroatoms. The second-order valence-electron chi connectivity index (χ2n) is 8.70. The van der Waals surface area contributed by atoms with Gasteiger partial charge >= 0.3 is 0 Å². The minimum Gasteiger partial charge on any atom is -0.492 e. The molecule has 33 heavy (non-hydrogen) atoms. The van der Waals surface area contributed by atoms with Gasteiger partial charge in [-0.25, -0.2) is 0 Å². The van der Waals surface area contributed by atoms with Gasteiger partial charge in [0.1, 0.15) is 18.0 Å². The maximum absolute atomic E-state index is 10.7. The predicted molar refractivity (Wildman–Crippen MR) is 127 cm³/mol. The van der Waals surface area contributed by atoms with Crippen LogP contribution in [-0.2, 0) is 15.1 Å². The van der Waals surface area contributed by atoms with Crippen LogP contribution in [0.5, 0.6) is 5.75 Å². The zero-order chi connectivity index (χ0) is 22.5. The second kappa shape index (κ2) is 10.1. The summed E-state index contributed by atoms with van der Waals surface area (Å²) in [5.74, 6) is 0.828. The minimum absolute atomic E-state index is 0.0100. The number of benzene rings is 3. The summed E-state index contributed by atoms with van der Waals surface area (Å²) in [6.07, 6.45) is -0.295. The molecule has 0 bridgehead atoms.